The van der Waals surface area contributed by atoms with Crippen molar-refractivity contribution in [3.05, 3.63) is 22.7 Å². The molecule has 112 valence electrons. The van der Waals surface area contributed by atoms with Gasteiger partial charge in [-0.25, -0.2) is 0 Å². The van der Waals surface area contributed by atoms with Gasteiger partial charge in [0.15, 0.2) is 0 Å². The van der Waals surface area contributed by atoms with Crippen LogP contribution in [0.25, 0.3) is 0 Å². The van der Waals surface area contributed by atoms with Crippen LogP contribution in [-0.4, -0.2) is 25.1 Å². The number of anilines is 1. The lowest BCUT2D eigenvalue weighted by Crippen LogP contribution is -2.42. The lowest BCUT2D eigenvalue weighted by atomic mass is 10.2. The van der Waals surface area contributed by atoms with Crippen LogP contribution in [0, 0.1) is 0 Å². The summed E-state index contributed by atoms with van der Waals surface area (Å²) in [6, 6.07) is 5.52. The van der Waals surface area contributed by atoms with Gasteiger partial charge in [-0.2, -0.15) is 0 Å². The fourth-order valence-electron chi connectivity index (χ4n) is 1.91. The molecule has 0 saturated heterocycles. The van der Waals surface area contributed by atoms with E-state index in [0.29, 0.717) is 0 Å². The molecular formula is C15H23BrN2O2. The van der Waals surface area contributed by atoms with Crippen molar-refractivity contribution in [2.24, 2.45) is 0 Å². The van der Waals surface area contributed by atoms with Gasteiger partial charge in [-0.05, 0) is 48.3 Å². The van der Waals surface area contributed by atoms with Crippen molar-refractivity contribution < 1.29 is 9.53 Å². The monoisotopic (exact) mass is 342 g/mol. The second-order valence-corrected chi connectivity index (χ2v) is 5.76. The van der Waals surface area contributed by atoms with Crippen LogP contribution in [0.4, 0.5) is 5.69 Å². The van der Waals surface area contributed by atoms with Crippen LogP contribution in [0.15, 0.2) is 22.7 Å². The average molecular weight is 343 g/mol. The summed E-state index contributed by atoms with van der Waals surface area (Å²) < 4.78 is 6.09. The van der Waals surface area contributed by atoms with E-state index >= 15 is 0 Å². The summed E-state index contributed by atoms with van der Waals surface area (Å²) >= 11 is 3.46. The van der Waals surface area contributed by atoms with Gasteiger partial charge in [0.1, 0.15) is 11.8 Å². The van der Waals surface area contributed by atoms with Crippen molar-refractivity contribution in [2.75, 3.05) is 12.4 Å². The van der Waals surface area contributed by atoms with E-state index in [1.807, 2.05) is 32.0 Å². The number of carbonyl (C=O) groups is 1. The van der Waals surface area contributed by atoms with Crippen LogP contribution in [0.5, 0.6) is 5.75 Å². The average Bonchev–Trinajstić information content (AvgIpc) is 2.41. The third-order valence-corrected chi connectivity index (χ3v) is 3.74. The van der Waals surface area contributed by atoms with E-state index in [1.165, 1.54) is 0 Å². The predicted molar refractivity (Wildman–Crippen MR) is 86.3 cm³/mol. The van der Waals surface area contributed by atoms with Gasteiger partial charge in [-0.1, -0.05) is 13.3 Å². The number of benzene rings is 1. The summed E-state index contributed by atoms with van der Waals surface area (Å²) in [6.45, 7) is 5.98. The first kappa shape index (κ1) is 16.8. The van der Waals surface area contributed by atoms with Gasteiger partial charge in [0.25, 0.3) is 0 Å². The van der Waals surface area contributed by atoms with Gasteiger partial charge in [0.05, 0.1) is 12.8 Å². The molecule has 2 unspecified atom stereocenters. The molecule has 0 radical (unpaired) electrons. The smallest absolute Gasteiger partial charge is 0.242 e. The van der Waals surface area contributed by atoms with Crippen molar-refractivity contribution in [3.63, 3.8) is 0 Å². The van der Waals surface area contributed by atoms with Crippen molar-refractivity contribution in [2.45, 2.75) is 45.7 Å². The first-order valence-electron chi connectivity index (χ1n) is 6.88. The van der Waals surface area contributed by atoms with E-state index in [1.54, 1.807) is 7.11 Å². The maximum atomic E-state index is 12.1. The van der Waals surface area contributed by atoms with Gasteiger partial charge in [-0.15, -0.1) is 0 Å². The summed E-state index contributed by atoms with van der Waals surface area (Å²) in [4.78, 5) is 12.1. The largest absolute Gasteiger partial charge is 0.497 e. The summed E-state index contributed by atoms with van der Waals surface area (Å²) in [5, 5.41) is 6.19. The number of rotatable bonds is 7. The zero-order valence-corrected chi connectivity index (χ0v) is 14.1. The molecule has 0 heterocycles. The highest BCUT2D eigenvalue weighted by Crippen LogP contribution is 2.27. The van der Waals surface area contributed by atoms with E-state index in [9.17, 15) is 4.79 Å². The Bertz CT molecular complexity index is 451. The summed E-state index contributed by atoms with van der Waals surface area (Å²) in [5.74, 6) is 0.753. The Hall–Kier alpha value is -1.23. The summed E-state index contributed by atoms with van der Waals surface area (Å²) in [7, 11) is 1.62. The molecule has 4 nitrogen and oxygen atoms in total. The van der Waals surface area contributed by atoms with Gasteiger partial charge < -0.3 is 15.4 Å². The topological polar surface area (TPSA) is 50.4 Å². The van der Waals surface area contributed by atoms with Crippen molar-refractivity contribution in [3.8, 4) is 5.75 Å². The van der Waals surface area contributed by atoms with Gasteiger partial charge in [-0.3, -0.25) is 4.79 Å². The maximum Gasteiger partial charge on any atom is 0.242 e. The van der Waals surface area contributed by atoms with Crippen LogP contribution in [0.3, 0.4) is 0 Å². The molecule has 0 fully saturated rings. The number of halogens is 1. The maximum absolute atomic E-state index is 12.1. The molecule has 2 atom stereocenters. The quantitative estimate of drug-likeness (QED) is 0.796. The second-order valence-electron chi connectivity index (χ2n) is 4.91. The number of ether oxygens (including phenoxy) is 1. The van der Waals surface area contributed by atoms with E-state index in [0.717, 1.165) is 28.8 Å². The minimum absolute atomic E-state index is 0.000620. The lowest BCUT2D eigenvalue weighted by molar-refractivity contribution is -0.122. The summed E-state index contributed by atoms with van der Waals surface area (Å²) in [6.07, 6.45) is 2.05. The zero-order valence-electron chi connectivity index (χ0n) is 12.5. The molecule has 0 aliphatic rings. The molecule has 1 aromatic rings. The molecule has 0 saturated carbocycles. The van der Waals surface area contributed by atoms with Gasteiger partial charge in [0, 0.05) is 16.6 Å². The SMILES string of the molecule is CCCC(C)NC(=O)C(C)Nc1cc(OC)ccc1Br. The molecule has 1 rings (SSSR count). The highest BCUT2D eigenvalue weighted by Gasteiger charge is 2.16. The number of nitrogens with one attached hydrogen (secondary N) is 2. The molecule has 5 heteroatoms. The van der Waals surface area contributed by atoms with E-state index in [2.05, 4.69) is 33.5 Å². The van der Waals surface area contributed by atoms with Crippen LogP contribution < -0.4 is 15.4 Å². The fourth-order valence-corrected chi connectivity index (χ4v) is 2.27. The molecule has 2 N–H and O–H groups in total. The van der Waals surface area contributed by atoms with Crippen LogP contribution >= 0.6 is 15.9 Å². The van der Waals surface area contributed by atoms with Gasteiger partial charge in [0.2, 0.25) is 5.91 Å². The van der Waals surface area contributed by atoms with E-state index in [-0.39, 0.29) is 18.0 Å². The van der Waals surface area contributed by atoms with Crippen LogP contribution in [0.2, 0.25) is 0 Å². The molecule has 0 aliphatic heterocycles. The van der Waals surface area contributed by atoms with Crippen molar-refractivity contribution in [1.29, 1.82) is 0 Å². The third kappa shape index (κ3) is 5.04. The predicted octanol–water partition coefficient (Wildman–Crippen LogP) is 3.56. The molecule has 20 heavy (non-hydrogen) atoms. The number of hydrogen-bond donors (Lipinski definition) is 2. The Morgan fingerprint density at radius 1 is 1.40 bits per heavy atom. The van der Waals surface area contributed by atoms with Crippen molar-refractivity contribution in [1.82, 2.24) is 5.32 Å². The van der Waals surface area contributed by atoms with E-state index in [4.69, 9.17) is 4.74 Å². The first-order chi connectivity index (χ1) is 9.47. The number of amides is 1. The third-order valence-electron chi connectivity index (χ3n) is 3.05. The molecule has 0 aliphatic carbocycles. The minimum Gasteiger partial charge on any atom is -0.497 e. The molecular weight excluding hydrogens is 320 g/mol. The number of hydrogen-bond acceptors (Lipinski definition) is 3. The van der Waals surface area contributed by atoms with Crippen LogP contribution in [0.1, 0.15) is 33.6 Å². The van der Waals surface area contributed by atoms with Crippen LogP contribution in [-0.2, 0) is 4.79 Å². The minimum atomic E-state index is -0.308. The Kier molecular flexibility index (Phi) is 6.85. The zero-order chi connectivity index (χ0) is 15.1. The van der Waals surface area contributed by atoms with Gasteiger partial charge >= 0.3 is 0 Å². The lowest BCUT2D eigenvalue weighted by Gasteiger charge is -2.19. The molecule has 1 amide bonds. The van der Waals surface area contributed by atoms with Crippen molar-refractivity contribution >= 4 is 27.5 Å². The molecule has 0 bridgehead atoms. The standard InChI is InChI=1S/C15H23BrN2O2/c1-5-6-10(2)17-15(19)11(3)18-14-9-12(20-4)7-8-13(14)16/h7-11,18H,5-6H2,1-4H3,(H,17,19). The molecule has 1 aromatic carbocycles. The number of methoxy groups -OCH3 is 1. The highest BCUT2D eigenvalue weighted by atomic mass is 79.9. The first-order valence-corrected chi connectivity index (χ1v) is 7.67. The molecule has 0 spiro atoms. The Balaban J connectivity index is 2.65. The normalized spacial score (nSPS) is 13.4. The fraction of sp³-hybridized carbons (Fsp3) is 0.533. The highest BCUT2D eigenvalue weighted by molar-refractivity contribution is 9.10. The Labute approximate surface area is 129 Å². The second kappa shape index (κ2) is 8.15. The molecule has 0 aromatic heterocycles. The Morgan fingerprint density at radius 2 is 2.10 bits per heavy atom. The number of carbonyl (C=O) groups excluding carboxylic acids is 1. The summed E-state index contributed by atoms with van der Waals surface area (Å²) in [5.41, 5.74) is 0.843. The van der Waals surface area contributed by atoms with E-state index < -0.39 is 0 Å². The Morgan fingerprint density at radius 3 is 2.70 bits per heavy atom.